The zero-order chi connectivity index (χ0) is 17.5. The van der Waals surface area contributed by atoms with Crippen LogP contribution in [0, 0.1) is 30.1 Å². The first-order chi connectivity index (χ1) is 10.5. The van der Waals surface area contributed by atoms with Gasteiger partial charge in [0.05, 0.1) is 6.10 Å². The smallest absolute Gasteiger partial charge is 0.330 e. The van der Waals surface area contributed by atoms with Gasteiger partial charge in [-0.15, -0.1) is 0 Å². The lowest BCUT2D eigenvalue weighted by Crippen LogP contribution is -2.35. The fraction of sp³-hybridized carbons (Fsp3) is 0.778. The van der Waals surface area contributed by atoms with Crippen LogP contribution in [-0.2, 0) is 4.74 Å². The predicted molar refractivity (Wildman–Crippen MR) is 91.5 cm³/mol. The van der Waals surface area contributed by atoms with E-state index in [9.17, 15) is 9.59 Å². The molecule has 0 spiro atoms. The van der Waals surface area contributed by atoms with Gasteiger partial charge >= 0.3 is 5.69 Å². The highest BCUT2D eigenvalue weighted by Crippen LogP contribution is 2.46. The van der Waals surface area contributed by atoms with Gasteiger partial charge in [-0.25, -0.2) is 4.79 Å². The second kappa shape index (κ2) is 6.27. The zero-order valence-corrected chi connectivity index (χ0v) is 15.3. The summed E-state index contributed by atoms with van der Waals surface area (Å²) in [5.74, 6) is 1.28. The molecular formula is C18H30N2O3. The summed E-state index contributed by atoms with van der Waals surface area (Å²) in [5.41, 5.74) is -0.0932. The van der Waals surface area contributed by atoms with Gasteiger partial charge in [-0.2, -0.15) is 0 Å². The predicted octanol–water partition coefficient (Wildman–Crippen LogP) is 3.09. The van der Waals surface area contributed by atoms with Crippen LogP contribution in [0.25, 0.3) is 0 Å². The molecule has 2 heterocycles. The first kappa shape index (κ1) is 18.0. The Morgan fingerprint density at radius 2 is 1.87 bits per heavy atom. The fourth-order valence-electron chi connectivity index (χ4n) is 3.38. The quantitative estimate of drug-likeness (QED) is 0.930. The molecule has 5 nitrogen and oxygen atoms in total. The normalized spacial score (nSPS) is 26.7. The van der Waals surface area contributed by atoms with Crippen LogP contribution in [0.2, 0.25) is 0 Å². The van der Waals surface area contributed by atoms with E-state index in [0.717, 1.165) is 6.42 Å². The molecule has 1 fully saturated rings. The minimum atomic E-state index is -0.392. The minimum Gasteiger partial charge on any atom is -0.354 e. The summed E-state index contributed by atoms with van der Waals surface area (Å²) in [5, 5.41) is 0. The van der Waals surface area contributed by atoms with Crippen molar-refractivity contribution in [2.45, 2.75) is 67.2 Å². The Labute approximate surface area is 138 Å². The van der Waals surface area contributed by atoms with Crippen LogP contribution in [0.5, 0.6) is 0 Å². The van der Waals surface area contributed by atoms with Gasteiger partial charge in [-0.05, 0) is 36.5 Å². The molecule has 1 saturated heterocycles. The van der Waals surface area contributed by atoms with Crippen molar-refractivity contribution in [3.05, 3.63) is 32.6 Å². The van der Waals surface area contributed by atoms with E-state index in [-0.39, 0.29) is 23.3 Å². The van der Waals surface area contributed by atoms with Crippen molar-refractivity contribution in [3.8, 4) is 0 Å². The number of ether oxygens (including phenoxy) is 1. The summed E-state index contributed by atoms with van der Waals surface area (Å²) in [7, 11) is 0. The van der Waals surface area contributed by atoms with Crippen LogP contribution >= 0.6 is 0 Å². The second-order valence-electron chi connectivity index (χ2n) is 8.35. The largest absolute Gasteiger partial charge is 0.354 e. The highest BCUT2D eigenvalue weighted by Gasteiger charge is 2.45. The van der Waals surface area contributed by atoms with E-state index in [1.165, 1.54) is 0 Å². The molecule has 0 bridgehead atoms. The van der Waals surface area contributed by atoms with Crippen molar-refractivity contribution < 1.29 is 4.74 Å². The molecule has 0 aromatic carbocycles. The maximum atomic E-state index is 12.2. The maximum Gasteiger partial charge on any atom is 0.330 e. The Morgan fingerprint density at radius 3 is 2.39 bits per heavy atom. The summed E-state index contributed by atoms with van der Waals surface area (Å²) < 4.78 is 7.87. The molecule has 23 heavy (non-hydrogen) atoms. The van der Waals surface area contributed by atoms with Gasteiger partial charge in [0.25, 0.3) is 5.56 Å². The molecule has 1 unspecified atom stereocenters. The SMILES string of the molecule is Cc1cn([C@H]2CC(C(C)(C)C)[C@@H]([C@@H](C)C(C)C)O2)c(=O)[nH]c1=O. The summed E-state index contributed by atoms with van der Waals surface area (Å²) in [6, 6.07) is 0. The van der Waals surface area contributed by atoms with E-state index in [0.29, 0.717) is 23.3 Å². The minimum absolute atomic E-state index is 0.101. The number of rotatable bonds is 3. The lowest BCUT2D eigenvalue weighted by atomic mass is 9.72. The maximum absolute atomic E-state index is 12.2. The van der Waals surface area contributed by atoms with E-state index in [1.54, 1.807) is 17.7 Å². The number of aromatic amines is 1. The summed E-state index contributed by atoms with van der Waals surface area (Å²) in [6.07, 6.45) is 2.21. The van der Waals surface area contributed by atoms with Gasteiger partial charge in [0, 0.05) is 11.8 Å². The number of nitrogens with zero attached hydrogens (tertiary/aromatic N) is 1. The molecule has 0 saturated carbocycles. The second-order valence-corrected chi connectivity index (χ2v) is 8.35. The van der Waals surface area contributed by atoms with Crippen molar-refractivity contribution in [1.29, 1.82) is 0 Å². The molecule has 0 aliphatic carbocycles. The zero-order valence-electron chi connectivity index (χ0n) is 15.3. The van der Waals surface area contributed by atoms with Crippen molar-refractivity contribution in [1.82, 2.24) is 9.55 Å². The third kappa shape index (κ3) is 3.60. The van der Waals surface area contributed by atoms with Crippen molar-refractivity contribution in [2.24, 2.45) is 23.2 Å². The van der Waals surface area contributed by atoms with E-state index >= 15 is 0 Å². The first-order valence-corrected chi connectivity index (χ1v) is 8.50. The van der Waals surface area contributed by atoms with E-state index < -0.39 is 5.69 Å². The number of nitrogens with one attached hydrogen (secondary N) is 1. The highest BCUT2D eigenvalue weighted by atomic mass is 16.5. The van der Waals surface area contributed by atoms with Gasteiger partial charge in [0.2, 0.25) is 0 Å². The molecule has 0 radical (unpaired) electrons. The van der Waals surface area contributed by atoms with Crippen LogP contribution in [0.4, 0.5) is 0 Å². The van der Waals surface area contributed by atoms with Crippen molar-refractivity contribution >= 4 is 0 Å². The lowest BCUT2D eigenvalue weighted by molar-refractivity contribution is -0.0523. The average Bonchev–Trinajstić information content (AvgIpc) is 2.86. The van der Waals surface area contributed by atoms with Crippen LogP contribution in [0.1, 0.15) is 59.8 Å². The van der Waals surface area contributed by atoms with Crippen LogP contribution in [0.15, 0.2) is 15.8 Å². The Bertz CT molecular complexity index is 666. The standard InChI is InChI=1S/C18H30N2O3/c1-10(2)12(4)15-13(18(5,6)7)8-14(23-15)20-9-11(3)16(21)19-17(20)22/h9-10,12-15H,8H2,1-7H3,(H,19,21,22)/t12-,13?,14+,15+/m0/s1. The molecule has 5 heteroatoms. The molecule has 130 valence electrons. The Hall–Kier alpha value is -1.36. The van der Waals surface area contributed by atoms with E-state index in [1.807, 2.05) is 0 Å². The number of aryl methyl sites for hydroxylation is 1. The van der Waals surface area contributed by atoms with E-state index in [2.05, 4.69) is 46.5 Å². The number of hydrogen-bond acceptors (Lipinski definition) is 3. The summed E-state index contributed by atoms with van der Waals surface area (Å²) in [6.45, 7) is 15.0. The Kier molecular flexibility index (Phi) is 4.90. The Morgan fingerprint density at radius 1 is 1.26 bits per heavy atom. The highest BCUT2D eigenvalue weighted by molar-refractivity contribution is 5.02. The third-order valence-corrected chi connectivity index (χ3v) is 5.30. The molecule has 1 aromatic rings. The lowest BCUT2D eigenvalue weighted by Gasteiger charge is -2.35. The van der Waals surface area contributed by atoms with Crippen molar-refractivity contribution in [3.63, 3.8) is 0 Å². The first-order valence-electron chi connectivity index (χ1n) is 8.50. The molecule has 1 N–H and O–H groups in total. The molecule has 1 aliphatic heterocycles. The van der Waals surface area contributed by atoms with Gasteiger partial charge < -0.3 is 4.74 Å². The molecule has 0 amide bonds. The van der Waals surface area contributed by atoms with Gasteiger partial charge in [0.15, 0.2) is 0 Å². The fourth-order valence-corrected chi connectivity index (χ4v) is 3.38. The molecule has 4 atom stereocenters. The topological polar surface area (TPSA) is 64.1 Å². The molecule has 2 rings (SSSR count). The van der Waals surface area contributed by atoms with Crippen LogP contribution in [0.3, 0.4) is 0 Å². The third-order valence-electron chi connectivity index (χ3n) is 5.30. The van der Waals surface area contributed by atoms with Crippen LogP contribution < -0.4 is 11.2 Å². The molecule has 1 aliphatic rings. The molecular weight excluding hydrogens is 292 g/mol. The monoisotopic (exact) mass is 322 g/mol. The van der Waals surface area contributed by atoms with Gasteiger partial charge in [-0.1, -0.05) is 41.5 Å². The average molecular weight is 322 g/mol. The van der Waals surface area contributed by atoms with Crippen molar-refractivity contribution in [2.75, 3.05) is 0 Å². The molecule has 1 aromatic heterocycles. The number of hydrogen-bond donors (Lipinski definition) is 1. The van der Waals surface area contributed by atoms with Gasteiger partial charge in [0.1, 0.15) is 6.23 Å². The van der Waals surface area contributed by atoms with Gasteiger partial charge in [-0.3, -0.25) is 14.3 Å². The summed E-state index contributed by atoms with van der Waals surface area (Å²) >= 11 is 0. The number of aromatic nitrogens is 2. The summed E-state index contributed by atoms with van der Waals surface area (Å²) in [4.78, 5) is 26.1. The van der Waals surface area contributed by atoms with Crippen LogP contribution in [-0.4, -0.2) is 15.7 Å². The number of H-pyrrole nitrogens is 1. The van der Waals surface area contributed by atoms with E-state index in [4.69, 9.17) is 4.74 Å². The Balaban J connectivity index is 2.39.